The van der Waals surface area contributed by atoms with Gasteiger partial charge >= 0.3 is 0 Å². The van der Waals surface area contributed by atoms with Crippen molar-refractivity contribution in [2.24, 2.45) is 0 Å². The minimum absolute atomic E-state index is 0.898. The van der Waals surface area contributed by atoms with Gasteiger partial charge in [0.25, 0.3) is 0 Å². The molecule has 0 saturated heterocycles. The second-order valence-corrected chi connectivity index (χ2v) is 8.77. The van der Waals surface area contributed by atoms with E-state index in [4.69, 9.17) is 0 Å². The summed E-state index contributed by atoms with van der Waals surface area (Å²) in [6.07, 6.45) is 14.1. The van der Waals surface area contributed by atoms with Crippen LogP contribution < -0.4 is 10.7 Å². The molecule has 2 heterocycles. The first kappa shape index (κ1) is 21.8. The zero-order valence-electron chi connectivity index (χ0n) is 19.7. The molecule has 0 unspecified atom stereocenters. The average molecular weight is 443 g/mol. The second-order valence-electron chi connectivity index (χ2n) is 8.77. The van der Waals surface area contributed by atoms with E-state index in [0.717, 1.165) is 68.8 Å². The zero-order valence-corrected chi connectivity index (χ0v) is 19.7. The van der Waals surface area contributed by atoms with Gasteiger partial charge in [0.1, 0.15) is 0 Å². The van der Waals surface area contributed by atoms with E-state index in [1.165, 1.54) is 16.7 Å². The number of H-pyrrole nitrogens is 2. The molecule has 2 N–H and O–H groups in total. The number of allylic oxidation sites excluding steroid dienone is 7. The Morgan fingerprint density at radius 3 is 1.88 bits per heavy atom. The molecule has 0 saturated carbocycles. The summed E-state index contributed by atoms with van der Waals surface area (Å²) < 4.78 is 0. The number of benzene rings is 2. The number of rotatable bonds is 6. The third-order valence-electron chi connectivity index (χ3n) is 6.56. The Bertz CT molecular complexity index is 1450. The van der Waals surface area contributed by atoms with Crippen LogP contribution in [-0.2, 0) is 0 Å². The molecule has 0 aliphatic heterocycles. The molecule has 2 nitrogen and oxygen atoms in total. The van der Waals surface area contributed by atoms with Crippen LogP contribution in [0.3, 0.4) is 0 Å². The number of nitrogens with one attached hydrogen (secondary N) is 2. The predicted octanol–water partition coefficient (Wildman–Crippen LogP) is 7.36. The molecule has 0 amide bonds. The number of aromatic nitrogens is 2. The van der Waals surface area contributed by atoms with Crippen molar-refractivity contribution in [2.75, 3.05) is 0 Å². The molecule has 0 bridgehead atoms. The molecule has 1 aliphatic carbocycles. The van der Waals surface area contributed by atoms with Gasteiger partial charge in [0.05, 0.1) is 11.4 Å². The van der Waals surface area contributed by atoms with Gasteiger partial charge in [-0.3, -0.25) is 0 Å². The first-order valence-corrected chi connectivity index (χ1v) is 11.9. The quantitative estimate of drug-likeness (QED) is 0.292. The summed E-state index contributed by atoms with van der Waals surface area (Å²) in [7, 11) is 0. The van der Waals surface area contributed by atoms with Crippen LogP contribution in [0.2, 0.25) is 0 Å². The van der Waals surface area contributed by atoms with E-state index in [9.17, 15) is 0 Å². The summed E-state index contributed by atoms with van der Waals surface area (Å²) in [6.45, 7) is 14.7. The fraction of sp³-hybridized carbons (Fsp3) is 0.125. The van der Waals surface area contributed by atoms with Crippen molar-refractivity contribution in [3.05, 3.63) is 107 Å². The van der Waals surface area contributed by atoms with Gasteiger partial charge in [-0.1, -0.05) is 106 Å². The Labute approximate surface area is 201 Å². The van der Waals surface area contributed by atoms with Crippen LogP contribution in [0.5, 0.6) is 0 Å². The van der Waals surface area contributed by atoms with E-state index in [-0.39, 0.29) is 0 Å². The van der Waals surface area contributed by atoms with Crippen molar-refractivity contribution < 1.29 is 0 Å². The number of hydrogen-bond donors (Lipinski definition) is 2. The molecule has 4 aromatic rings. The summed E-state index contributed by atoms with van der Waals surface area (Å²) in [5, 5.41) is 4.00. The second kappa shape index (κ2) is 9.07. The highest BCUT2D eigenvalue weighted by atomic mass is 14.8. The van der Waals surface area contributed by atoms with E-state index >= 15 is 0 Å². The lowest BCUT2D eigenvalue weighted by Gasteiger charge is -2.08. The molecule has 0 fully saturated rings. The first-order valence-electron chi connectivity index (χ1n) is 11.9. The summed E-state index contributed by atoms with van der Waals surface area (Å²) in [4.78, 5) is 7.06. The van der Waals surface area contributed by atoms with Crippen LogP contribution in [0.15, 0.2) is 85.5 Å². The maximum absolute atomic E-state index is 4.32. The summed E-state index contributed by atoms with van der Waals surface area (Å²) in [5.41, 5.74) is 9.24. The third kappa shape index (κ3) is 3.82. The Morgan fingerprint density at radius 2 is 1.38 bits per heavy atom. The number of aromatic amines is 2. The molecule has 2 aromatic heterocycles. The van der Waals surface area contributed by atoms with Crippen molar-refractivity contribution in [2.45, 2.75) is 26.2 Å². The van der Waals surface area contributed by atoms with Crippen LogP contribution in [-0.4, -0.2) is 9.97 Å². The highest BCUT2D eigenvalue weighted by Crippen LogP contribution is 2.31. The Hall–Kier alpha value is -4.04. The van der Waals surface area contributed by atoms with Gasteiger partial charge in [0.15, 0.2) is 0 Å². The molecule has 34 heavy (non-hydrogen) atoms. The number of fused-ring (bicyclic) bond motifs is 1. The van der Waals surface area contributed by atoms with Crippen LogP contribution in [0, 0.1) is 0 Å². The maximum Gasteiger partial charge on any atom is 0.0559 e. The lowest BCUT2D eigenvalue weighted by molar-refractivity contribution is 1.04. The maximum atomic E-state index is 4.32. The van der Waals surface area contributed by atoms with Gasteiger partial charge in [-0.05, 0) is 52.7 Å². The monoisotopic (exact) mass is 442 g/mol. The topological polar surface area (TPSA) is 31.6 Å². The Balaban J connectivity index is 1.55. The molecule has 2 heteroatoms. The third-order valence-corrected chi connectivity index (χ3v) is 6.56. The highest BCUT2D eigenvalue weighted by Gasteiger charge is 2.16. The van der Waals surface area contributed by atoms with Crippen LogP contribution in [0.1, 0.15) is 37.3 Å². The van der Waals surface area contributed by atoms with Crippen LogP contribution >= 0.6 is 0 Å². The smallest absolute Gasteiger partial charge is 0.0559 e. The van der Waals surface area contributed by atoms with E-state index < -0.39 is 0 Å². The van der Waals surface area contributed by atoms with Gasteiger partial charge in [0, 0.05) is 21.5 Å². The van der Waals surface area contributed by atoms with Gasteiger partial charge in [-0.25, -0.2) is 0 Å². The predicted molar refractivity (Wildman–Crippen MR) is 149 cm³/mol. The SMILES string of the molecule is C=C/C(=C\CC)c1ccc(-c2[nH]c(=C)c3c(-c4ccc(C5=CCCC=C5)cc4)[nH]c(=C)c23)cc1. The van der Waals surface area contributed by atoms with E-state index in [1.54, 1.807) is 0 Å². The normalized spacial score (nSPS) is 13.9. The zero-order chi connectivity index (χ0) is 23.7. The van der Waals surface area contributed by atoms with Crippen molar-refractivity contribution in [3.63, 3.8) is 0 Å². The molecule has 168 valence electrons. The Kier molecular flexibility index (Phi) is 5.81. The fourth-order valence-electron chi connectivity index (χ4n) is 4.86. The molecule has 5 rings (SSSR count). The van der Waals surface area contributed by atoms with Crippen LogP contribution in [0.25, 0.3) is 57.6 Å². The highest BCUT2D eigenvalue weighted by molar-refractivity contribution is 6.04. The van der Waals surface area contributed by atoms with Crippen molar-refractivity contribution in [3.8, 4) is 22.5 Å². The molecule has 1 aliphatic rings. The van der Waals surface area contributed by atoms with Gasteiger partial charge in [-0.15, -0.1) is 0 Å². The van der Waals surface area contributed by atoms with Crippen LogP contribution in [0.4, 0.5) is 0 Å². The lowest BCUT2D eigenvalue weighted by Crippen LogP contribution is -2.01. The summed E-state index contributed by atoms with van der Waals surface area (Å²) in [5.74, 6) is 0. The first-order chi connectivity index (χ1) is 16.6. The molecule has 0 radical (unpaired) electrons. The molecular weight excluding hydrogens is 412 g/mol. The Morgan fingerprint density at radius 1 is 0.824 bits per heavy atom. The van der Waals surface area contributed by atoms with Crippen molar-refractivity contribution in [1.82, 2.24) is 9.97 Å². The largest absolute Gasteiger partial charge is 0.354 e. The number of hydrogen-bond acceptors (Lipinski definition) is 0. The summed E-state index contributed by atoms with van der Waals surface area (Å²) >= 11 is 0. The van der Waals surface area contributed by atoms with Crippen molar-refractivity contribution >= 4 is 35.1 Å². The minimum Gasteiger partial charge on any atom is -0.354 e. The minimum atomic E-state index is 0.898. The van der Waals surface area contributed by atoms with E-state index in [2.05, 4.69) is 109 Å². The van der Waals surface area contributed by atoms with E-state index in [0.29, 0.717) is 0 Å². The molecule has 2 aromatic carbocycles. The van der Waals surface area contributed by atoms with Gasteiger partial charge < -0.3 is 9.97 Å². The fourth-order valence-corrected chi connectivity index (χ4v) is 4.86. The molecular formula is C32H30N2. The van der Waals surface area contributed by atoms with Gasteiger partial charge in [-0.2, -0.15) is 0 Å². The molecule has 0 atom stereocenters. The molecule has 0 spiro atoms. The van der Waals surface area contributed by atoms with Gasteiger partial charge in [0.2, 0.25) is 0 Å². The van der Waals surface area contributed by atoms with Crippen molar-refractivity contribution in [1.29, 1.82) is 0 Å². The average Bonchev–Trinajstić information content (AvgIpc) is 3.41. The standard InChI is InChI=1S/C32H30N2/c1-5-10-23(6-2)25-13-17-27(18-14-25)31-29-21(3)34-32(30(29)22(4)33-31)28-19-15-26(16-20-28)24-11-8-7-9-12-24/h6,8,10-20,33-34H,2-5,7,9H2,1H3/b23-10+. The summed E-state index contributed by atoms with van der Waals surface area (Å²) in [6, 6.07) is 17.4. The lowest BCUT2D eigenvalue weighted by atomic mass is 9.97. The van der Waals surface area contributed by atoms with E-state index in [1.807, 2.05) is 6.08 Å².